The van der Waals surface area contributed by atoms with Gasteiger partial charge in [-0.25, -0.2) is 0 Å². The molecule has 0 heterocycles. The van der Waals surface area contributed by atoms with Gasteiger partial charge in [0.2, 0.25) is 9.04 Å². The highest BCUT2D eigenvalue weighted by Crippen LogP contribution is 2.02. The summed E-state index contributed by atoms with van der Waals surface area (Å²) in [6.07, 6.45) is 1.91. The van der Waals surface area contributed by atoms with Crippen molar-refractivity contribution in [1.82, 2.24) is 0 Å². The minimum atomic E-state index is -1.18. The Morgan fingerprint density at radius 1 is 1.46 bits per heavy atom. The standard InChI is InChI=1S/C11H16OSi/c1-4-10-8-6-7-9-11(10)13(5-2)12-3/h4,6-9,13H,1,5H2,2-3H3. The molecule has 1 aromatic carbocycles. The van der Waals surface area contributed by atoms with Crippen LogP contribution in [-0.4, -0.2) is 16.2 Å². The van der Waals surface area contributed by atoms with Gasteiger partial charge in [0.15, 0.2) is 0 Å². The first-order valence-electron chi connectivity index (χ1n) is 4.57. The van der Waals surface area contributed by atoms with Crippen molar-refractivity contribution in [3.8, 4) is 0 Å². The van der Waals surface area contributed by atoms with Crippen molar-refractivity contribution in [2.75, 3.05) is 7.11 Å². The molecule has 0 aromatic heterocycles. The van der Waals surface area contributed by atoms with Gasteiger partial charge in [0.05, 0.1) is 0 Å². The molecule has 0 aliphatic heterocycles. The summed E-state index contributed by atoms with van der Waals surface area (Å²) in [5.74, 6) is 0. The molecule has 13 heavy (non-hydrogen) atoms. The van der Waals surface area contributed by atoms with Gasteiger partial charge in [-0.3, -0.25) is 0 Å². The lowest BCUT2D eigenvalue weighted by Gasteiger charge is -2.13. The van der Waals surface area contributed by atoms with Crippen LogP contribution in [0.4, 0.5) is 0 Å². The molecule has 0 aliphatic rings. The molecule has 0 aliphatic carbocycles. The minimum absolute atomic E-state index is 1.13. The van der Waals surface area contributed by atoms with E-state index in [2.05, 4.69) is 31.7 Å². The van der Waals surface area contributed by atoms with E-state index in [-0.39, 0.29) is 0 Å². The third kappa shape index (κ3) is 2.29. The fourth-order valence-electron chi connectivity index (χ4n) is 1.50. The molecule has 0 N–H and O–H groups in total. The summed E-state index contributed by atoms with van der Waals surface area (Å²) < 4.78 is 5.52. The molecule has 0 radical (unpaired) electrons. The van der Waals surface area contributed by atoms with Crippen LogP contribution in [0.2, 0.25) is 6.04 Å². The van der Waals surface area contributed by atoms with E-state index in [1.54, 1.807) is 7.11 Å². The van der Waals surface area contributed by atoms with Gasteiger partial charge in [0.25, 0.3) is 0 Å². The molecular weight excluding hydrogens is 176 g/mol. The van der Waals surface area contributed by atoms with Crippen molar-refractivity contribution in [3.63, 3.8) is 0 Å². The van der Waals surface area contributed by atoms with E-state index in [0.717, 1.165) is 6.04 Å². The zero-order valence-corrected chi connectivity index (χ0v) is 9.44. The van der Waals surface area contributed by atoms with E-state index in [4.69, 9.17) is 4.43 Å². The molecule has 1 unspecified atom stereocenters. The van der Waals surface area contributed by atoms with Gasteiger partial charge in [-0.2, -0.15) is 0 Å². The topological polar surface area (TPSA) is 9.23 Å². The maximum atomic E-state index is 5.52. The van der Waals surface area contributed by atoms with E-state index in [1.807, 2.05) is 12.1 Å². The SMILES string of the molecule is C=Cc1ccccc1[SiH](CC)OC. The molecule has 0 saturated carbocycles. The van der Waals surface area contributed by atoms with Gasteiger partial charge < -0.3 is 4.43 Å². The van der Waals surface area contributed by atoms with Crippen LogP contribution in [0.3, 0.4) is 0 Å². The Morgan fingerprint density at radius 3 is 2.69 bits per heavy atom. The average molecular weight is 192 g/mol. The summed E-state index contributed by atoms with van der Waals surface area (Å²) in [5.41, 5.74) is 1.22. The van der Waals surface area contributed by atoms with Crippen molar-refractivity contribution in [2.45, 2.75) is 13.0 Å². The van der Waals surface area contributed by atoms with Gasteiger partial charge >= 0.3 is 0 Å². The summed E-state index contributed by atoms with van der Waals surface area (Å²) >= 11 is 0. The van der Waals surface area contributed by atoms with Crippen LogP contribution < -0.4 is 5.19 Å². The summed E-state index contributed by atoms with van der Waals surface area (Å²) in [7, 11) is 0.627. The third-order valence-electron chi connectivity index (χ3n) is 2.22. The van der Waals surface area contributed by atoms with Gasteiger partial charge in [-0.15, -0.1) is 0 Å². The van der Waals surface area contributed by atoms with Crippen molar-refractivity contribution in [1.29, 1.82) is 0 Å². The Bertz CT molecular complexity index is 279. The summed E-state index contributed by atoms with van der Waals surface area (Å²) in [6.45, 7) is 5.99. The van der Waals surface area contributed by atoms with Gasteiger partial charge in [-0.1, -0.05) is 43.8 Å². The van der Waals surface area contributed by atoms with Gasteiger partial charge in [0.1, 0.15) is 0 Å². The molecule has 0 amide bonds. The van der Waals surface area contributed by atoms with Gasteiger partial charge in [-0.05, 0) is 16.8 Å². The zero-order valence-electron chi connectivity index (χ0n) is 8.29. The molecule has 1 atom stereocenters. The monoisotopic (exact) mass is 192 g/mol. The Hall–Kier alpha value is -0.863. The predicted octanol–water partition coefficient (Wildman–Crippen LogP) is 1.93. The molecular formula is C11H16OSi. The van der Waals surface area contributed by atoms with Crippen LogP contribution >= 0.6 is 0 Å². The Labute approximate surface area is 81.8 Å². The lowest BCUT2D eigenvalue weighted by Crippen LogP contribution is -2.33. The first-order valence-corrected chi connectivity index (χ1v) is 6.44. The molecule has 1 nitrogen and oxygen atoms in total. The predicted molar refractivity (Wildman–Crippen MR) is 60.8 cm³/mol. The molecule has 0 bridgehead atoms. The van der Waals surface area contributed by atoms with Crippen molar-refractivity contribution in [3.05, 3.63) is 36.4 Å². The number of benzene rings is 1. The van der Waals surface area contributed by atoms with Crippen molar-refractivity contribution < 1.29 is 4.43 Å². The quantitative estimate of drug-likeness (QED) is 0.662. The fraction of sp³-hybridized carbons (Fsp3) is 0.273. The third-order valence-corrected chi connectivity index (χ3v) is 4.75. The summed E-state index contributed by atoms with van der Waals surface area (Å²) in [4.78, 5) is 0. The lowest BCUT2D eigenvalue weighted by molar-refractivity contribution is 0.430. The normalized spacial score (nSPS) is 12.5. The van der Waals surface area contributed by atoms with Crippen molar-refractivity contribution >= 4 is 20.3 Å². The lowest BCUT2D eigenvalue weighted by atomic mass is 10.2. The highest BCUT2D eigenvalue weighted by molar-refractivity contribution is 6.68. The largest absolute Gasteiger partial charge is 0.418 e. The molecule has 1 aromatic rings. The van der Waals surface area contributed by atoms with E-state index in [1.165, 1.54) is 10.8 Å². The van der Waals surface area contributed by atoms with Crippen LogP contribution in [0.25, 0.3) is 6.08 Å². The first-order chi connectivity index (χ1) is 6.33. The van der Waals surface area contributed by atoms with Crippen LogP contribution in [-0.2, 0) is 4.43 Å². The van der Waals surface area contributed by atoms with Crippen LogP contribution in [0.5, 0.6) is 0 Å². The number of rotatable bonds is 4. The average Bonchev–Trinajstić information content (AvgIpc) is 2.20. The fourth-order valence-corrected chi connectivity index (χ4v) is 3.44. The molecule has 2 heteroatoms. The second kappa shape index (κ2) is 4.99. The van der Waals surface area contributed by atoms with Gasteiger partial charge in [0, 0.05) is 7.11 Å². The zero-order chi connectivity index (χ0) is 9.68. The smallest absolute Gasteiger partial charge is 0.208 e. The van der Waals surface area contributed by atoms with Crippen molar-refractivity contribution in [2.24, 2.45) is 0 Å². The molecule has 0 fully saturated rings. The second-order valence-corrected chi connectivity index (χ2v) is 5.85. The van der Waals surface area contributed by atoms with E-state index >= 15 is 0 Å². The molecule has 0 saturated heterocycles. The maximum absolute atomic E-state index is 5.52. The summed E-state index contributed by atoms with van der Waals surface area (Å²) in [5, 5.41) is 1.36. The highest BCUT2D eigenvalue weighted by atomic mass is 28.3. The Kier molecular flexibility index (Phi) is 3.93. The molecule has 70 valence electrons. The Morgan fingerprint density at radius 2 is 2.15 bits per heavy atom. The molecule has 0 spiro atoms. The second-order valence-electron chi connectivity index (χ2n) is 2.97. The van der Waals surface area contributed by atoms with Crippen LogP contribution in [0.1, 0.15) is 12.5 Å². The maximum Gasteiger partial charge on any atom is 0.208 e. The number of hydrogen-bond donors (Lipinski definition) is 0. The first kappa shape index (κ1) is 10.2. The van der Waals surface area contributed by atoms with Crippen LogP contribution in [0, 0.1) is 0 Å². The Balaban J connectivity index is 3.03. The molecule has 1 rings (SSSR count). The minimum Gasteiger partial charge on any atom is -0.418 e. The van der Waals surface area contributed by atoms with E-state index in [9.17, 15) is 0 Å². The van der Waals surface area contributed by atoms with Crippen LogP contribution in [0.15, 0.2) is 30.8 Å². The van der Waals surface area contributed by atoms with E-state index < -0.39 is 9.04 Å². The number of hydrogen-bond acceptors (Lipinski definition) is 1. The van der Waals surface area contributed by atoms with E-state index in [0.29, 0.717) is 0 Å². The summed E-state index contributed by atoms with van der Waals surface area (Å²) in [6, 6.07) is 9.48. The highest BCUT2D eigenvalue weighted by Gasteiger charge is 2.12.